The van der Waals surface area contributed by atoms with Gasteiger partial charge in [0.2, 0.25) is 0 Å². The summed E-state index contributed by atoms with van der Waals surface area (Å²) in [7, 11) is 0. The summed E-state index contributed by atoms with van der Waals surface area (Å²) < 4.78 is 13.1. The van der Waals surface area contributed by atoms with Crippen molar-refractivity contribution in [1.82, 2.24) is 0 Å². The second kappa shape index (κ2) is 4.40. The summed E-state index contributed by atoms with van der Waals surface area (Å²) in [5.74, 6) is 0.503. The van der Waals surface area contributed by atoms with E-state index in [1.165, 1.54) is 12.8 Å². The molecule has 1 fully saturated rings. The van der Waals surface area contributed by atoms with E-state index >= 15 is 0 Å². The quantitative estimate of drug-likeness (QED) is 0.612. The van der Waals surface area contributed by atoms with Crippen LogP contribution in [0.15, 0.2) is 18.2 Å². The van der Waals surface area contributed by atoms with Crippen molar-refractivity contribution in [2.24, 2.45) is 0 Å². The van der Waals surface area contributed by atoms with Crippen LogP contribution in [-0.4, -0.2) is 0 Å². The first kappa shape index (κ1) is 10.2. The third kappa shape index (κ3) is 2.55. The molecule has 0 saturated heterocycles. The summed E-state index contributed by atoms with van der Waals surface area (Å²) in [4.78, 5) is 0. The van der Waals surface area contributed by atoms with E-state index in [0.717, 1.165) is 11.1 Å². The molecule has 1 aliphatic rings. The van der Waals surface area contributed by atoms with E-state index in [-0.39, 0.29) is 5.82 Å². The topological polar surface area (TPSA) is 0 Å². The highest BCUT2D eigenvalue weighted by Crippen LogP contribution is 2.41. The Labute approximate surface area is 79.8 Å². The highest BCUT2D eigenvalue weighted by molar-refractivity contribution is 5.29. The van der Waals surface area contributed by atoms with Gasteiger partial charge in [-0.05, 0) is 42.9 Å². The molecule has 1 heteroatoms. The fraction of sp³-hybridized carbons (Fsp3) is 0.500. The van der Waals surface area contributed by atoms with Crippen molar-refractivity contribution in [3.05, 3.63) is 35.1 Å². The average Bonchev–Trinajstić information content (AvgIpc) is 2.91. The fourth-order valence-electron chi connectivity index (χ4n) is 1.36. The van der Waals surface area contributed by atoms with E-state index in [1.807, 2.05) is 32.9 Å². The molecule has 0 bridgehead atoms. The predicted octanol–water partition coefficient (Wildman–Crippen LogP) is 4.04. The van der Waals surface area contributed by atoms with Gasteiger partial charge in [0, 0.05) is 0 Å². The first-order valence-electron chi connectivity index (χ1n) is 5.03. The summed E-state index contributed by atoms with van der Waals surface area (Å²) in [5.41, 5.74) is 1.92. The lowest BCUT2D eigenvalue weighted by Gasteiger charge is -2.00. The minimum atomic E-state index is -0.0208. The predicted molar refractivity (Wildman–Crippen MR) is 54.5 cm³/mol. The molecule has 1 aliphatic carbocycles. The molecule has 0 nitrogen and oxygen atoms in total. The summed E-state index contributed by atoms with van der Waals surface area (Å²) >= 11 is 0. The molecule has 2 rings (SSSR count). The van der Waals surface area contributed by atoms with Gasteiger partial charge in [0.1, 0.15) is 5.82 Å². The molecule has 0 heterocycles. The van der Waals surface area contributed by atoms with Crippen LogP contribution < -0.4 is 0 Å². The Morgan fingerprint density at radius 1 is 1.23 bits per heavy atom. The third-order valence-corrected chi connectivity index (χ3v) is 2.17. The maximum absolute atomic E-state index is 13.1. The normalized spacial score (nSPS) is 14.8. The molecule has 0 N–H and O–H groups in total. The van der Waals surface area contributed by atoms with Gasteiger partial charge in [-0.15, -0.1) is 0 Å². The van der Waals surface area contributed by atoms with Crippen molar-refractivity contribution in [3.8, 4) is 0 Å². The Morgan fingerprint density at radius 3 is 2.31 bits per heavy atom. The van der Waals surface area contributed by atoms with Gasteiger partial charge < -0.3 is 0 Å². The van der Waals surface area contributed by atoms with Crippen LogP contribution in [0, 0.1) is 12.7 Å². The van der Waals surface area contributed by atoms with E-state index in [0.29, 0.717) is 5.92 Å². The van der Waals surface area contributed by atoms with Crippen LogP contribution in [0.4, 0.5) is 4.39 Å². The number of halogens is 1. The summed E-state index contributed by atoms with van der Waals surface area (Å²) in [5, 5.41) is 0. The number of hydrogen-bond donors (Lipinski definition) is 0. The lowest BCUT2D eigenvalue weighted by molar-refractivity contribution is 0.609. The van der Waals surface area contributed by atoms with E-state index in [1.54, 1.807) is 6.07 Å². The van der Waals surface area contributed by atoms with Crippen molar-refractivity contribution in [2.45, 2.75) is 39.5 Å². The fourth-order valence-corrected chi connectivity index (χ4v) is 1.36. The van der Waals surface area contributed by atoms with E-state index in [2.05, 4.69) is 0 Å². The maximum Gasteiger partial charge on any atom is 0.126 e. The SMILES string of the molecule is CC.Cc1ccc(C2CC2)c(F)c1. The van der Waals surface area contributed by atoms with Crippen molar-refractivity contribution in [3.63, 3.8) is 0 Å². The molecule has 0 radical (unpaired) electrons. The minimum absolute atomic E-state index is 0.0208. The molecule has 13 heavy (non-hydrogen) atoms. The highest BCUT2D eigenvalue weighted by atomic mass is 19.1. The Hall–Kier alpha value is -0.850. The first-order valence-corrected chi connectivity index (χ1v) is 5.03. The van der Waals surface area contributed by atoms with Crippen LogP contribution in [0.2, 0.25) is 0 Å². The second-order valence-corrected chi connectivity index (χ2v) is 3.30. The van der Waals surface area contributed by atoms with E-state index in [4.69, 9.17) is 0 Å². The molecule has 0 unspecified atom stereocenters. The molecular formula is C12H17F. The Kier molecular flexibility index (Phi) is 3.47. The molecule has 0 amide bonds. The smallest absolute Gasteiger partial charge is 0.126 e. The second-order valence-electron chi connectivity index (χ2n) is 3.30. The Morgan fingerprint density at radius 2 is 1.85 bits per heavy atom. The van der Waals surface area contributed by atoms with Gasteiger partial charge in [0.15, 0.2) is 0 Å². The van der Waals surface area contributed by atoms with Crippen LogP contribution in [0.25, 0.3) is 0 Å². The number of aryl methyl sites for hydroxylation is 1. The zero-order valence-electron chi connectivity index (χ0n) is 8.60. The van der Waals surface area contributed by atoms with Crippen molar-refractivity contribution in [1.29, 1.82) is 0 Å². The van der Waals surface area contributed by atoms with Gasteiger partial charge in [-0.3, -0.25) is 0 Å². The highest BCUT2D eigenvalue weighted by Gasteiger charge is 2.25. The molecule has 1 saturated carbocycles. The molecule has 1 aromatic carbocycles. The van der Waals surface area contributed by atoms with Crippen LogP contribution in [0.5, 0.6) is 0 Å². The maximum atomic E-state index is 13.1. The molecule has 0 aromatic heterocycles. The first-order chi connectivity index (χ1) is 6.27. The van der Waals surface area contributed by atoms with Crippen LogP contribution >= 0.6 is 0 Å². The third-order valence-electron chi connectivity index (χ3n) is 2.17. The van der Waals surface area contributed by atoms with Crippen molar-refractivity contribution in [2.75, 3.05) is 0 Å². The van der Waals surface area contributed by atoms with E-state index in [9.17, 15) is 4.39 Å². The Balaban J connectivity index is 0.000000396. The van der Waals surface area contributed by atoms with E-state index < -0.39 is 0 Å². The standard InChI is InChI=1S/C10H11F.C2H6/c1-7-2-5-9(8-3-4-8)10(11)6-7;1-2/h2,5-6,8H,3-4H2,1H3;1-2H3. The molecule has 0 aliphatic heterocycles. The Bertz CT molecular complexity index is 274. The molecule has 0 spiro atoms. The molecule has 0 atom stereocenters. The van der Waals surface area contributed by atoms with Gasteiger partial charge in [-0.25, -0.2) is 4.39 Å². The average molecular weight is 180 g/mol. The van der Waals surface area contributed by atoms with Crippen LogP contribution in [-0.2, 0) is 0 Å². The monoisotopic (exact) mass is 180 g/mol. The van der Waals surface area contributed by atoms with Crippen molar-refractivity contribution < 1.29 is 4.39 Å². The number of benzene rings is 1. The summed E-state index contributed by atoms with van der Waals surface area (Å²) in [6.45, 7) is 5.92. The lowest BCUT2D eigenvalue weighted by atomic mass is 10.1. The molecule has 1 aromatic rings. The zero-order valence-corrected chi connectivity index (χ0v) is 8.60. The van der Waals surface area contributed by atoms with Gasteiger partial charge in [-0.1, -0.05) is 26.0 Å². The van der Waals surface area contributed by atoms with Crippen molar-refractivity contribution >= 4 is 0 Å². The van der Waals surface area contributed by atoms with Gasteiger partial charge in [-0.2, -0.15) is 0 Å². The zero-order chi connectivity index (χ0) is 9.84. The van der Waals surface area contributed by atoms with Gasteiger partial charge in [0.25, 0.3) is 0 Å². The lowest BCUT2D eigenvalue weighted by Crippen LogP contribution is -1.86. The number of hydrogen-bond acceptors (Lipinski definition) is 0. The summed E-state index contributed by atoms with van der Waals surface area (Å²) in [6.07, 6.45) is 2.33. The van der Waals surface area contributed by atoms with Crippen LogP contribution in [0.3, 0.4) is 0 Å². The van der Waals surface area contributed by atoms with Gasteiger partial charge in [0.05, 0.1) is 0 Å². The van der Waals surface area contributed by atoms with Gasteiger partial charge >= 0.3 is 0 Å². The minimum Gasteiger partial charge on any atom is -0.207 e. The number of rotatable bonds is 1. The molecule has 72 valence electrons. The largest absolute Gasteiger partial charge is 0.207 e. The van der Waals surface area contributed by atoms with Crippen LogP contribution in [0.1, 0.15) is 43.7 Å². The summed E-state index contributed by atoms with van der Waals surface area (Å²) in [6, 6.07) is 5.52. The molecular weight excluding hydrogens is 163 g/mol.